The molecule has 108 valence electrons. The Kier molecular flexibility index (Phi) is 5.60. The van der Waals surface area contributed by atoms with Crippen LogP contribution in [-0.2, 0) is 27.4 Å². The predicted molar refractivity (Wildman–Crippen MR) is 73.0 cm³/mol. The summed E-state index contributed by atoms with van der Waals surface area (Å²) < 4.78 is 50.7. The molecule has 0 radical (unpaired) electrons. The molecule has 2 atom stereocenters. The molecule has 0 amide bonds. The van der Waals surface area contributed by atoms with E-state index in [1.54, 1.807) is 6.92 Å². The monoisotopic (exact) mass is 308 g/mol. The molecule has 0 bridgehead atoms. The fourth-order valence-electron chi connectivity index (χ4n) is 1.30. The molecule has 0 aliphatic heterocycles. The fraction of sp³-hybridized carbons (Fsp3) is 0.455. The lowest BCUT2D eigenvalue weighted by Gasteiger charge is -2.11. The van der Waals surface area contributed by atoms with Gasteiger partial charge in [-0.2, -0.15) is 0 Å². The van der Waals surface area contributed by atoms with E-state index in [-0.39, 0.29) is 28.8 Å². The molecule has 0 aromatic heterocycles. The lowest BCUT2D eigenvalue weighted by molar-refractivity contribution is 0.578. The van der Waals surface area contributed by atoms with Gasteiger partial charge in [-0.25, -0.2) is 17.5 Å². The summed E-state index contributed by atoms with van der Waals surface area (Å²) in [6.45, 7) is 1.65. The quantitative estimate of drug-likeness (QED) is 0.792. The number of benzene rings is 1. The zero-order valence-corrected chi connectivity index (χ0v) is 12.4. The maximum absolute atomic E-state index is 13.2. The highest BCUT2D eigenvalue weighted by molar-refractivity contribution is 7.89. The Morgan fingerprint density at radius 1 is 1.47 bits per heavy atom. The van der Waals surface area contributed by atoms with Crippen LogP contribution >= 0.6 is 0 Å². The van der Waals surface area contributed by atoms with Gasteiger partial charge in [-0.1, -0.05) is 0 Å². The van der Waals surface area contributed by atoms with E-state index < -0.39 is 26.6 Å². The highest BCUT2D eigenvalue weighted by Gasteiger charge is 2.17. The van der Waals surface area contributed by atoms with Crippen LogP contribution in [0.3, 0.4) is 0 Å². The van der Waals surface area contributed by atoms with Gasteiger partial charge in [-0.05, 0) is 25.1 Å². The average molecular weight is 308 g/mol. The fourth-order valence-corrected chi connectivity index (χ4v) is 2.91. The molecule has 8 heteroatoms. The van der Waals surface area contributed by atoms with Gasteiger partial charge in [-0.15, -0.1) is 0 Å². The molecule has 0 spiro atoms. The minimum Gasteiger partial charge on any atom is -0.326 e. The van der Waals surface area contributed by atoms with Crippen LogP contribution in [0, 0.1) is 5.82 Å². The van der Waals surface area contributed by atoms with Crippen molar-refractivity contribution in [2.45, 2.75) is 23.6 Å². The van der Waals surface area contributed by atoms with Crippen molar-refractivity contribution in [2.24, 2.45) is 5.73 Å². The van der Waals surface area contributed by atoms with Gasteiger partial charge >= 0.3 is 0 Å². The van der Waals surface area contributed by atoms with Crippen molar-refractivity contribution in [2.75, 3.05) is 12.8 Å². The molecule has 0 fully saturated rings. The lowest BCUT2D eigenvalue weighted by atomic mass is 10.2. The standard InChI is InChI=1S/C11H17FN2O3S2/c1-8(18(2)15)7-14-19(16,17)10-3-4-11(12)9(5-10)6-13/h3-5,8,14H,6-7,13H2,1-2H3. The molecule has 0 heterocycles. The molecule has 0 saturated heterocycles. The zero-order valence-electron chi connectivity index (χ0n) is 10.7. The summed E-state index contributed by atoms with van der Waals surface area (Å²) in [6.07, 6.45) is 1.50. The van der Waals surface area contributed by atoms with Gasteiger partial charge in [0.15, 0.2) is 0 Å². The van der Waals surface area contributed by atoms with Gasteiger partial charge in [0.25, 0.3) is 0 Å². The average Bonchev–Trinajstić information content (AvgIpc) is 2.36. The smallest absolute Gasteiger partial charge is 0.240 e. The third-order valence-corrected chi connectivity index (χ3v) is 5.40. The van der Waals surface area contributed by atoms with E-state index in [0.29, 0.717) is 0 Å². The van der Waals surface area contributed by atoms with Gasteiger partial charge in [0, 0.05) is 41.0 Å². The van der Waals surface area contributed by atoms with Crippen LogP contribution in [0.5, 0.6) is 0 Å². The number of nitrogens with one attached hydrogen (secondary N) is 1. The number of halogens is 1. The number of hydrogen-bond donors (Lipinski definition) is 2. The Morgan fingerprint density at radius 2 is 2.11 bits per heavy atom. The predicted octanol–water partition coefficient (Wildman–Crippen LogP) is 0.330. The number of rotatable bonds is 6. The summed E-state index contributed by atoms with van der Waals surface area (Å²) >= 11 is 0. The topological polar surface area (TPSA) is 89.3 Å². The lowest BCUT2D eigenvalue weighted by Crippen LogP contribution is -2.32. The second-order valence-electron chi connectivity index (χ2n) is 4.12. The van der Waals surface area contributed by atoms with Gasteiger partial charge < -0.3 is 5.73 Å². The van der Waals surface area contributed by atoms with Crippen molar-refractivity contribution < 1.29 is 17.0 Å². The summed E-state index contributed by atoms with van der Waals surface area (Å²) in [5.41, 5.74) is 5.46. The van der Waals surface area contributed by atoms with Gasteiger partial charge in [-0.3, -0.25) is 4.21 Å². The van der Waals surface area contributed by atoms with Crippen molar-refractivity contribution in [1.29, 1.82) is 0 Å². The third kappa shape index (κ3) is 4.34. The molecule has 3 N–H and O–H groups in total. The first kappa shape index (κ1) is 16.2. The first-order valence-corrected chi connectivity index (χ1v) is 8.68. The normalized spacial score (nSPS) is 15.2. The van der Waals surface area contributed by atoms with Crippen molar-refractivity contribution in [1.82, 2.24) is 4.72 Å². The summed E-state index contributed by atoms with van der Waals surface area (Å²) in [7, 11) is -4.86. The Labute approximate surface area is 114 Å². The van der Waals surface area contributed by atoms with Crippen LogP contribution in [0.25, 0.3) is 0 Å². The van der Waals surface area contributed by atoms with Crippen LogP contribution in [0.2, 0.25) is 0 Å². The Bertz CT molecular complexity index is 575. The second kappa shape index (κ2) is 6.56. The molecule has 0 saturated carbocycles. The van der Waals surface area contributed by atoms with E-state index in [0.717, 1.165) is 6.07 Å². The maximum atomic E-state index is 13.2. The van der Waals surface area contributed by atoms with E-state index in [9.17, 15) is 17.0 Å². The van der Waals surface area contributed by atoms with Gasteiger partial charge in [0.05, 0.1) is 4.90 Å². The van der Waals surface area contributed by atoms with Gasteiger partial charge in [0.2, 0.25) is 10.0 Å². The van der Waals surface area contributed by atoms with E-state index >= 15 is 0 Å². The molecule has 5 nitrogen and oxygen atoms in total. The van der Waals surface area contributed by atoms with Gasteiger partial charge in [0.1, 0.15) is 5.82 Å². The molecule has 1 aromatic rings. The third-order valence-electron chi connectivity index (χ3n) is 2.67. The summed E-state index contributed by atoms with van der Waals surface area (Å²) in [6, 6.07) is 3.44. The molecular formula is C11H17FN2O3S2. The molecule has 0 aliphatic rings. The molecule has 1 rings (SSSR count). The van der Waals surface area contributed by atoms with E-state index in [1.807, 2.05) is 0 Å². The largest absolute Gasteiger partial charge is 0.326 e. The van der Waals surface area contributed by atoms with E-state index in [1.165, 1.54) is 18.4 Å². The van der Waals surface area contributed by atoms with Crippen LogP contribution in [0.1, 0.15) is 12.5 Å². The number of sulfonamides is 1. The number of nitrogens with two attached hydrogens (primary N) is 1. The maximum Gasteiger partial charge on any atom is 0.240 e. The SMILES string of the molecule is CC(CNS(=O)(=O)c1ccc(F)c(CN)c1)S(C)=O. The summed E-state index contributed by atoms with van der Waals surface area (Å²) in [5.74, 6) is -0.538. The first-order valence-electron chi connectivity index (χ1n) is 5.58. The highest BCUT2D eigenvalue weighted by Crippen LogP contribution is 2.14. The van der Waals surface area contributed by atoms with Crippen LogP contribution in [-0.4, -0.2) is 30.7 Å². The van der Waals surface area contributed by atoms with Crippen LogP contribution < -0.4 is 10.5 Å². The minimum atomic E-state index is -3.74. The zero-order chi connectivity index (χ0) is 14.6. The molecule has 19 heavy (non-hydrogen) atoms. The van der Waals surface area contributed by atoms with Crippen molar-refractivity contribution in [3.05, 3.63) is 29.6 Å². The Balaban J connectivity index is 2.91. The molecular weight excluding hydrogens is 291 g/mol. The summed E-state index contributed by atoms with van der Waals surface area (Å²) in [5, 5.41) is -0.302. The first-order chi connectivity index (χ1) is 8.77. The van der Waals surface area contributed by atoms with Crippen LogP contribution in [0.4, 0.5) is 4.39 Å². The summed E-state index contributed by atoms with van der Waals surface area (Å²) in [4.78, 5) is -0.0524. The van der Waals surface area contributed by atoms with Crippen molar-refractivity contribution in [3.63, 3.8) is 0 Å². The molecule has 1 aromatic carbocycles. The van der Waals surface area contributed by atoms with E-state index in [4.69, 9.17) is 5.73 Å². The Hall–Kier alpha value is -0.830. The van der Waals surface area contributed by atoms with Crippen LogP contribution in [0.15, 0.2) is 23.1 Å². The molecule has 2 unspecified atom stereocenters. The molecule has 0 aliphatic carbocycles. The van der Waals surface area contributed by atoms with Crippen molar-refractivity contribution >= 4 is 20.8 Å². The van der Waals surface area contributed by atoms with E-state index in [2.05, 4.69) is 4.72 Å². The van der Waals surface area contributed by atoms with Crippen molar-refractivity contribution in [3.8, 4) is 0 Å². The minimum absolute atomic E-state index is 0.0524. The number of hydrogen-bond acceptors (Lipinski definition) is 4. The second-order valence-corrected chi connectivity index (χ2v) is 7.69. The highest BCUT2D eigenvalue weighted by atomic mass is 32.2. The Morgan fingerprint density at radius 3 is 2.63 bits per heavy atom.